The van der Waals surface area contributed by atoms with Crippen LogP contribution in [0.3, 0.4) is 0 Å². The molecule has 86 valence electrons. The summed E-state index contributed by atoms with van der Waals surface area (Å²) in [5.74, 6) is -0.306. The van der Waals surface area contributed by atoms with Crippen molar-refractivity contribution in [1.29, 1.82) is 0 Å². The van der Waals surface area contributed by atoms with Gasteiger partial charge in [-0.25, -0.2) is 4.79 Å². The summed E-state index contributed by atoms with van der Waals surface area (Å²) < 4.78 is 5.08. The quantitative estimate of drug-likeness (QED) is 0.467. The summed E-state index contributed by atoms with van der Waals surface area (Å²) >= 11 is 0. The van der Waals surface area contributed by atoms with E-state index >= 15 is 0 Å². The van der Waals surface area contributed by atoms with Crippen molar-refractivity contribution in [3.63, 3.8) is 0 Å². The highest BCUT2D eigenvalue weighted by Gasteiger charge is 2.10. The van der Waals surface area contributed by atoms with Crippen LogP contribution in [0.2, 0.25) is 0 Å². The zero-order valence-corrected chi connectivity index (χ0v) is 9.56. The minimum atomic E-state index is -0.306. The van der Waals surface area contributed by atoms with Crippen molar-refractivity contribution in [2.24, 2.45) is 5.10 Å². The molecule has 0 fully saturated rings. The van der Waals surface area contributed by atoms with E-state index < -0.39 is 0 Å². The van der Waals surface area contributed by atoms with Gasteiger partial charge in [-0.2, -0.15) is 5.10 Å². The van der Waals surface area contributed by atoms with Crippen molar-refractivity contribution in [1.82, 2.24) is 5.43 Å². The lowest BCUT2D eigenvalue weighted by molar-refractivity contribution is 0.0505. The van der Waals surface area contributed by atoms with Gasteiger partial charge in [0.1, 0.15) is 0 Å². The first kappa shape index (κ1) is 12.2. The van der Waals surface area contributed by atoms with E-state index in [0.717, 1.165) is 12.0 Å². The Morgan fingerprint density at radius 2 is 2.25 bits per heavy atom. The minimum absolute atomic E-state index is 0.306. The standard InChI is InChI=1S/C12H16N2O2/c1-3-8-16-12(15)11-7-5-4-6-10(11)9-14-13-2/h4-7,9,13H,3,8H2,1-2H3/b14-9+. The molecule has 0 radical (unpaired) electrons. The molecule has 0 aromatic heterocycles. The number of hydrogen-bond donors (Lipinski definition) is 1. The van der Waals surface area contributed by atoms with Crippen LogP contribution in [-0.2, 0) is 4.74 Å². The van der Waals surface area contributed by atoms with Crippen LogP contribution in [0.4, 0.5) is 0 Å². The van der Waals surface area contributed by atoms with Crippen LogP contribution in [0.25, 0.3) is 0 Å². The molecule has 1 aromatic carbocycles. The summed E-state index contributed by atoms with van der Waals surface area (Å²) in [6, 6.07) is 7.21. The molecule has 0 aliphatic carbocycles. The van der Waals surface area contributed by atoms with E-state index in [1.165, 1.54) is 0 Å². The molecular weight excluding hydrogens is 204 g/mol. The van der Waals surface area contributed by atoms with Gasteiger partial charge in [-0.15, -0.1) is 0 Å². The van der Waals surface area contributed by atoms with Gasteiger partial charge in [0.2, 0.25) is 0 Å². The molecule has 1 aromatic rings. The normalized spacial score (nSPS) is 10.4. The fourth-order valence-corrected chi connectivity index (χ4v) is 1.20. The fraction of sp³-hybridized carbons (Fsp3) is 0.333. The van der Waals surface area contributed by atoms with Crippen molar-refractivity contribution in [2.45, 2.75) is 13.3 Å². The van der Waals surface area contributed by atoms with Gasteiger partial charge < -0.3 is 10.2 Å². The Kier molecular flexibility index (Phi) is 5.05. The Bertz CT molecular complexity index is 375. The molecule has 0 bridgehead atoms. The number of benzene rings is 1. The first-order chi connectivity index (χ1) is 7.79. The van der Waals surface area contributed by atoms with Crippen molar-refractivity contribution in [2.75, 3.05) is 13.7 Å². The van der Waals surface area contributed by atoms with E-state index in [0.29, 0.717) is 12.2 Å². The first-order valence-corrected chi connectivity index (χ1v) is 5.25. The van der Waals surface area contributed by atoms with Crippen LogP contribution < -0.4 is 5.43 Å². The Morgan fingerprint density at radius 3 is 2.94 bits per heavy atom. The number of rotatable bonds is 5. The number of esters is 1. The lowest BCUT2D eigenvalue weighted by Crippen LogP contribution is -2.09. The van der Waals surface area contributed by atoms with Gasteiger partial charge in [0.15, 0.2) is 0 Å². The molecular formula is C12H16N2O2. The third-order valence-corrected chi connectivity index (χ3v) is 1.95. The zero-order chi connectivity index (χ0) is 11.8. The van der Waals surface area contributed by atoms with Crippen LogP contribution in [0, 0.1) is 0 Å². The molecule has 0 atom stereocenters. The van der Waals surface area contributed by atoms with Gasteiger partial charge in [0.25, 0.3) is 0 Å². The molecule has 16 heavy (non-hydrogen) atoms. The number of hydrogen-bond acceptors (Lipinski definition) is 4. The lowest BCUT2D eigenvalue weighted by Gasteiger charge is -2.05. The van der Waals surface area contributed by atoms with E-state index in [4.69, 9.17) is 4.74 Å². The largest absolute Gasteiger partial charge is 0.462 e. The number of carbonyl (C=O) groups is 1. The van der Waals surface area contributed by atoms with Crippen LogP contribution in [-0.4, -0.2) is 25.8 Å². The molecule has 0 aliphatic rings. The van der Waals surface area contributed by atoms with Gasteiger partial charge in [-0.05, 0) is 12.5 Å². The van der Waals surface area contributed by atoms with Gasteiger partial charge in [-0.1, -0.05) is 25.1 Å². The molecule has 0 spiro atoms. The van der Waals surface area contributed by atoms with Crippen LogP contribution in [0.15, 0.2) is 29.4 Å². The number of nitrogens with zero attached hydrogens (tertiary/aromatic N) is 1. The van der Waals surface area contributed by atoms with Gasteiger partial charge in [0, 0.05) is 12.6 Å². The fourth-order valence-electron chi connectivity index (χ4n) is 1.20. The molecule has 0 saturated heterocycles. The first-order valence-electron chi connectivity index (χ1n) is 5.25. The number of ether oxygens (including phenoxy) is 1. The third kappa shape index (κ3) is 3.38. The molecule has 0 saturated carbocycles. The minimum Gasteiger partial charge on any atom is -0.462 e. The van der Waals surface area contributed by atoms with Crippen molar-refractivity contribution < 1.29 is 9.53 Å². The highest BCUT2D eigenvalue weighted by atomic mass is 16.5. The van der Waals surface area contributed by atoms with E-state index in [1.54, 1.807) is 25.4 Å². The second-order valence-electron chi connectivity index (χ2n) is 3.20. The molecule has 0 amide bonds. The molecule has 0 heterocycles. The monoisotopic (exact) mass is 220 g/mol. The van der Waals surface area contributed by atoms with Crippen molar-refractivity contribution in [3.05, 3.63) is 35.4 Å². The maximum absolute atomic E-state index is 11.7. The average Bonchev–Trinajstić information content (AvgIpc) is 2.33. The second kappa shape index (κ2) is 6.61. The highest BCUT2D eigenvalue weighted by Crippen LogP contribution is 2.08. The predicted octanol–water partition coefficient (Wildman–Crippen LogP) is 1.81. The van der Waals surface area contributed by atoms with E-state index in [2.05, 4.69) is 10.5 Å². The van der Waals surface area contributed by atoms with E-state index in [9.17, 15) is 4.79 Å². The highest BCUT2D eigenvalue weighted by molar-refractivity contribution is 5.99. The molecule has 4 nitrogen and oxygen atoms in total. The summed E-state index contributed by atoms with van der Waals surface area (Å²) in [5, 5.41) is 3.88. The third-order valence-electron chi connectivity index (χ3n) is 1.95. The Hall–Kier alpha value is -1.84. The molecule has 1 rings (SSSR count). The van der Waals surface area contributed by atoms with Crippen LogP contribution in [0.1, 0.15) is 29.3 Å². The predicted molar refractivity (Wildman–Crippen MR) is 63.7 cm³/mol. The lowest BCUT2D eigenvalue weighted by atomic mass is 10.1. The molecule has 0 aliphatic heterocycles. The molecule has 1 N–H and O–H groups in total. The SMILES string of the molecule is CCCOC(=O)c1ccccc1/C=N/NC. The van der Waals surface area contributed by atoms with Crippen LogP contribution in [0.5, 0.6) is 0 Å². The summed E-state index contributed by atoms with van der Waals surface area (Å²) in [4.78, 5) is 11.7. The van der Waals surface area contributed by atoms with Crippen molar-refractivity contribution in [3.8, 4) is 0 Å². The smallest absolute Gasteiger partial charge is 0.338 e. The summed E-state index contributed by atoms with van der Waals surface area (Å²) in [7, 11) is 1.70. The molecule has 0 unspecified atom stereocenters. The van der Waals surface area contributed by atoms with E-state index in [1.807, 2.05) is 19.1 Å². The van der Waals surface area contributed by atoms with Crippen molar-refractivity contribution >= 4 is 12.2 Å². The Labute approximate surface area is 95.3 Å². The zero-order valence-electron chi connectivity index (χ0n) is 9.56. The van der Waals surface area contributed by atoms with Gasteiger partial charge in [-0.3, -0.25) is 0 Å². The summed E-state index contributed by atoms with van der Waals surface area (Å²) in [5.41, 5.74) is 3.93. The second-order valence-corrected chi connectivity index (χ2v) is 3.20. The number of hydrazone groups is 1. The summed E-state index contributed by atoms with van der Waals surface area (Å²) in [6.07, 6.45) is 2.42. The maximum atomic E-state index is 11.7. The topological polar surface area (TPSA) is 50.7 Å². The van der Waals surface area contributed by atoms with E-state index in [-0.39, 0.29) is 5.97 Å². The average molecular weight is 220 g/mol. The van der Waals surface area contributed by atoms with Gasteiger partial charge in [0.05, 0.1) is 18.4 Å². The Balaban J connectivity index is 2.85. The number of nitrogens with one attached hydrogen (secondary N) is 1. The molecule has 4 heteroatoms. The summed E-state index contributed by atoms with van der Waals surface area (Å²) in [6.45, 7) is 2.40. The van der Waals surface area contributed by atoms with Crippen LogP contribution >= 0.6 is 0 Å². The Morgan fingerprint density at radius 1 is 1.50 bits per heavy atom. The number of carbonyl (C=O) groups excluding carboxylic acids is 1. The maximum Gasteiger partial charge on any atom is 0.338 e. The van der Waals surface area contributed by atoms with Gasteiger partial charge >= 0.3 is 5.97 Å².